The second-order valence-corrected chi connectivity index (χ2v) is 5.80. The van der Waals surface area contributed by atoms with Crippen LogP contribution in [0.2, 0.25) is 0 Å². The largest absolute Gasteiger partial charge is 0.381 e. The maximum atomic E-state index is 3.46. The van der Waals surface area contributed by atoms with E-state index in [0.717, 1.165) is 12.5 Å². The summed E-state index contributed by atoms with van der Waals surface area (Å²) in [6, 6.07) is 19.6. The van der Waals surface area contributed by atoms with Crippen LogP contribution in [0.5, 0.6) is 0 Å². The second kappa shape index (κ2) is 6.60. The van der Waals surface area contributed by atoms with Gasteiger partial charge in [-0.15, -0.1) is 0 Å². The van der Waals surface area contributed by atoms with Crippen LogP contribution in [0, 0.1) is 0 Å². The van der Waals surface area contributed by atoms with Gasteiger partial charge >= 0.3 is 0 Å². The number of nitrogens with one attached hydrogen (secondary N) is 1. The topological polar surface area (TPSA) is 12.0 Å². The molecule has 0 unspecified atom stereocenters. The number of rotatable bonds is 4. The van der Waals surface area contributed by atoms with Crippen molar-refractivity contribution in [1.29, 1.82) is 0 Å². The van der Waals surface area contributed by atoms with E-state index in [1.807, 2.05) is 6.07 Å². The maximum Gasteiger partial charge on any atom is 0.0400 e. The molecule has 0 saturated heterocycles. The Morgan fingerprint density at radius 2 is 1.50 bits per heavy atom. The molecule has 0 bridgehead atoms. The molecule has 0 heterocycles. The minimum absolute atomic E-state index is 0.805. The van der Waals surface area contributed by atoms with Gasteiger partial charge in [-0.25, -0.2) is 0 Å². The average Bonchev–Trinajstić information content (AvgIpc) is 2.55. The molecule has 1 heteroatoms. The summed E-state index contributed by atoms with van der Waals surface area (Å²) in [6.45, 7) is 0.898. The van der Waals surface area contributed by atoms with Crippen molar-refractivity contribution in [3.63, 3.8) is 0 Å². The van der Waals surface area contributed by atoms with Crippen LogP contribution in [0.3, 0.4) is 0 Å². The third-order valence-electron chi connectivity index (χ3n) is 4.33. The van der Waals surface area contributed by atoms with Gasteiger partial charge in [0.2, 0.25) is 0 Å². The zero-order valence-corrected chi connectivity index (χ0v) is 12.0. The van der Waals surface area contributed by atoms with Crippen LogP contribution < -0.4 is 5.32 Å². The lowest BCUT2D eigenvalue weighted by Gasteiger charge is -2.22. The summed E-state index contributed by atoms with van der Waals surface area (Å²) >= 11 is 0. The van der Waals surface area contributed by atoms with Crippen molar-refractivity contribution in [2.45, 2.75) is 44.6 Å². The third-order valence-corrected chi connectivity index (χ3v) is 4.33. The molecular formula is C19H23N. The van der Waals surface area contributed by atoms with E-state index >= 15 is 0 Å². The van der Waals surface area contributed by atoms with E-state index in [4.69, 9.17) is 0 Å². The molecule has 1 nitrogen and oxygen atoms in total. The molecule has 1 aliphatic rings. The minimum atomic E-state index is 0.805. The van der Waals surface area contributed by atoms with Gasteiger partial charge < -0.3 is 5.32 Å². The van der Waals surface area contributed by atoms with Gasteiger partial charge in [0, 0.05) is 12.2 Å². The lowest BCUT2D eigenvalue weighted by atomic mass is 9.84. The summed E-state index contributed by atoms with van der Waals surface area (Å²) < 4.78 is 0. The Labute approximate surface area is 122 Å². The molecule has 1 fully saturated rings. The summed E-state index contributed by atoms with van der Waals surface area (Å²) in [5.41, 5.74) is 4.07. The molecule has 1 N–H and O–H groups in total. The minimum Gasteiger partial charge on any atom is -0.381 e. The van der Waals surface area contributed by atoms with Crippen LogP contribution >= 0.6 is 0 Å². The Hall–Kier alpha value is -1.76. The zero-order valence-electron chi connectivity index (χ0n) is 12.0. The summed E-state index contributed by atoms with van der Waals surface area (Å²) in [5.74, 6) is 0.805. The van der Waals surface area contributed by atoms with Crippen LogP contribution in [0.15, 0.2) is 54.6 Å². The summed E-state index contributed by atoms with van der Waals surface area (Å²) in [4.78, 5) is 0. The molecule has 2 aromatic rings. The van der Waals surface area contributed by atoms with E-state index in [9.17, 15) is 0 Å². The smallest absolute Gasteiger partial charge is 0.0400 e. The van der Waals surface area contributed by atoms with Crippen molar-refractivity contribution in [1.82, 2.24) is 0 Å². The number of anilines is 1. The summed E-state index contributed by atoms with van der Waals surface area (Å²) in [6.07, 6.45) is 6.99. The summed E-state index contributed by atoms with van der Waals surface area (Å²) in [7, 11) is 0. The molecule has 2 aromatic carbocycles. The standard InChI is InChI=1S/C19H23N/c1-3-7-17(8-4-1)18-13-11-16(12-14-18)15-20-19-9-5-2-6-10-19/h2,5-6,9-14,17,20H,1,3-4,7-8,15H2. The van der Waals surface area contributed by atoms with Crippen molar-refractivity contribution in [3.8, 4) is 0 Å². The lowest BCUT2D eigenvalue weighted by molar-refractivity contribution is 0.443. The quantitative estimate of drug-likeness (QED) is 0.786. The molecule has 0 aromatic heterocycles. The first kappa shape index (κ1) is 13.2. The Bertz CT molecular complexity index is 509. The summed E-state index contributed by atoms with van der Waals surface area (Å²) in [5, 5.41) is 3.46. The van der Waals surface area contributed by atoms with Gasteiger partial charge in [-0.05, 0) is 42.0 Å². The van der Waals surface area contributed by atoms with Gasteiger partial charge in [0.05, 0.1) is 0 Å². The Balaban J connectivity index is 1.58. The van der Waals surface area contributed by atoms with Gasteiger partial charge in [-0.1, -0.05) is 61.7 Å². The Morgan fingerprint density at radius 1 is 0.800 bits per heavy atom. The lowest BCUT2D eigenvalue weighted by Crippen LogP contribution is -2.05. The van der Waals surface area contributed by atoms with E-state index in [1.165, 1.54) is 48.9 Å². The van der Waals surface area contributed by atoms with Crippen LogP contribution in [0.4, 0.5) is 5.69 Å². The van der Waals surface area contributed by atoms with E-state index in [0.29, 0.717) is 0 Å². The van der Waals surface area contributed by atoms with Crippen LogP contribution in [-0.2, 0) is 6.54 Å². The van der Waals surface area contributed by atoms with Crippen LogP contribution in [0.25, 0.3) is 0 Å². The van der Waals surface area contributed by atoms with Gasteiger partial charge in [0.25, 0.3) is 0 Å². The number of benzene rings is 2. The van der Waals surface area contributed by atoms with E-state index in [2.05, 4.69) is 53.8 Å². The molecule has 3 rings (SSSR count). The molecular weight excluding hydrogens is 242 g/mol. The fourth-order valence-corrected chi connectivity index (χ4v) is 3.10. The maximum absolute atomic E-state index is 3.46. The molecule has 0 atom stereocenters. The highest BCUT2D eigenvalue weighted by Crippen LogP contribution is 2.32. The van der Waals surface area contributed by atoms with E-state index in [-0.39, 0.29) is 0 Å². The van der Waals surface area contributed by atoms with E-state index < -0.39 is 0 Å². The fourth-order valence-electron chi connectivity index (χ4n) is 3.10. The number of para-hydroxylation sites is 1. The molecule has 104 valence electrons. The van der Waals surface area contributed by atoms with Crippen molar-refractivity contribution in [3.05, 3.63) is 65.7 Å². The predicted molar refractivity (Wildman–Crippen MR) is 86.0 cm³/mol. The van der Waals surface area contributed by atoms with Gasteiger partial charge in [0.15, 0.2) is 0 Å². The highest BCUT2D eigenvalue weighted by Gasteiger charge is 2.14. The van der Waals surface area contributed by atoms with Gasteiger partial charge in [-0.3, -0.25) is 0 Å². The van der Waals surface area contributed by atoms with Crippen LogP contribution in [-0.4, -0.2) is 0 Å². The van der Waals surface area contributed by atoms with Gasteiger partial charge in [0.1, 0.15) is 0 Å². The van der Waals surface area contributed by atoms with Crippen molar-refractivity contribution in [2.75, 3.05) is 5.32 Å². The molecule has 0 radical (unpaired) electrons. The molecule has 0 amide bonds. The molecule has 1 aliphatic carbocycles. The normalized spacial score (nSPS) is 16.0. The molecule has 0 aliphatic heterocycles. The highest BCUT2D eigenvalue weighted by molar-refractivity contribution is 5.43. The van der Waals surface area contributed by atoms with Crippen molar-refractivity contribution >= 4 is 5.69 Å². The molecule has 1 saturated carbocycles. The average molecular weight is 265 g/mol. The molecule has 20 heavy (non-hydrogen) atoms. The van der Waals surface area contributed by atoms with E-state index in [1.54, 1.807) is 0 Å². The van der Waals surface area contributed by atoms with Crippen molar-refractivity contribution in [2.24, 2.45) is 0 Å². The SMILES string of the molecule is c1ccc(NCc2ccc(C3CCCCC3)cc2)cc1. The Kier molecular flexibility index (Phi) is 4.37. The monoisotopic (exact) mass is 265 g/mol. The first-order valence-corrected chi connectivity index (χ1v) is 7.79. The van der Waals surface area contributed by atoms with Gasteiger partial charge in [-0.2, -0.15) is 0 Å². The zero-order chi connectivity index (χ0) is 13.6. The number of hydrogen-bond donors (Lipinski definition) is 1. The predicted octanol–water partition coefficient (Wildman–Crippen LogP) is 5.35. The van der Waals surface area contributed by atoms with Crippen LogP contribution in [0.1, 0.15) is 49.1 Å². The first-order valence-electron chi connectivity index (χ1n) is 7.79. The van der Waals surface area contributed by atoms with Crippen molar-refractivity contribution < 1.29 is 0 Å². The number of hydrogen-bond acceptors (Lipinski definition) is 1. The Morgan fingerprint density at radius 3 is 2.20 bits per heavy atom. The fraction of sp³-hybridized carbons (Fsp3) is 0.368. The highest BCUT2D eigenvalue weighted by atomic mass is 14.9. The third kappa shape index (κ3) is 3.41. The second-order valence-electron chi connectivity index (χ2n) is 5.80. The first-order chi connectivity index (χ1) is 9.92. The molecule has 0 spiro atoms.